The highest BCUT2D eigenvalue weighted by Crippen LogP contribution is 2.22. The molecule has 1 aromatic carbocycles. The van der Waals surface area contributed by atoms with Crippen molar-refractivity contribution in [3.05, 3.63) is 52.7 Å². The van der Waals surface area contributed by atoms with Crippen LogP contribution in [0.2, 0.25) is 0 Å². The normalized spacial score (nSPS) is 16.3. The summed E-state index contributed by atoms with van der Waals surface area (Å²) >= 11 is 0. The summed E-state index contributed by atoms with van der Waals surface area (Å²) in [5, 5.41) is 6.52. The van der Waals surface area contributed by atoms with Gasteiger partial charge in [0.1, 0.15) is 17.5 Å². The van der Waals surface area contributed by atoms with Gasteiger partial charge < -0.3 is 15.5 Å². The van der Waals surface area contributed by atoms with Crippen molar-refractivity contribution >= 4 is 11.7 Å². The Morgan fingerprint density at radius 2 is 2.17 bits per heavy atom. The van der Waals surface area contributed by atoms with Crippen LogP contribution in [0.15, 0.2) is 24.3 Å². The van der Waals surface area contributed by atoms with E-state index in [0.717, 1.165) is 61.7 Å². The number of nitrogens with one attached hydrogen (secondary N) is 2. The van der Waals surface area contributed by atoms with E-state index >= 15 is 0 Å². The zero-order valence-corrected chi connectivity index (χ0v) is 18.2. The maximum Gasteiger partial charge on any atom is 0.222 e. The van der Waals surface area contributed by atoms with E-state index in [9.17, 15) is 9.18 Å². The molecule has 0 aliphatic carbocycles. The molecular formula is C23H32FN5O. The Morgan fingerprint density at radius 3 is 2.87 bits per heavy atom. The molecule has 1 amide bonds. The Kier molecular flexibility index (Phi) is 7.74. The molecule has 0 bridgehead atoms. The van der Waals surface area contributed by atoms with Gasteiger partial charge in [-0.3, -0.25) is 4.79 Å². The molecule has 3 rings (SSSR count). The predicted octanol–water partition coefficient (Wildman–Crippen LogP) is 3.41. The number of carbonyl (C=O) groups is 1. The van der Waals surface area contributed by atoms with Gasteiger partial charge in [0.2, 0.25) is 5.91 Å². The van der Waals surface area contributed by atoms with E-state index in [1.54, 1.807) is 17.9 Å². The Bertz CT molecular complexity index is 867. The molecule has 1 aliphatic rings. The first-order valence-electron chi connectivity index (χ1n) is 10.7. The summed E-state index contributed by atoms with van der Waals surface area (Å²) in [6, 6.07) is 7.04. The lowest BCUT2D eigenvalue weighted by Crippen LogP contribution is -2.30. The Labute approximate surface area is 178 Å². The number of amides is 1. The quantitative estimate of drug-likeness (QED) is 0.694. The lowest BCUT2D eigenvalue weighted by molar-refractivity contribution is -0.130. The SMILES string of the molecule is CNc1cc(CN(C)C(=O)CCCc2ccc(F)c(C)c2)nc([C@H]2CCCNC2)n1. The van der Waals surface area contributed by atoms with Crippen LogP contribution < -0.4 is 10.6 Å². The molecule has 162 valence electrons. The van der Waals surface area contributed by atoms with E-state index in [0.29, 0.717) is 24.4 Å². The van der Waals surface area contributed by atoms with Gasteiger partial charge in [-0.1, -0.05) is 12.1 Å². The molecule has 0 saturated carbocycles. The molecule has 6 nitrogen and oxygen atoms in total. The number of piperidine rings is 1. The number of carbonyl (C=O) groups excluding carboxylic acids is 1. The van der Waals surface area contributed by atoms with Crippen molar-refractivity contribution in [1.29, 1.82) is 0 Å². The van der Waals surface area contributed by atoms with Crippen LogP contribution in [0.5, 0.6) is 0 Å². The van der Waals surface area contributed by atoms with Gasteiger partial charge in [0.25, 0.3) is 0 Å². The van der Waals surface area contributed by atoms with E-state index in [-0.39, 0.29) is 11.7 Å². The van der Waals surface area contributed by atoms with Crippen molar-refractivity contribution in [2.45, 2.75) is 51.5 Å². The molecule has 0 radical (unpaired) electrons. The maximum atomic E-state index is 13.4. The van der Waals surface area contributed by atoms with Gasteiger partial charge in [0, 0.05) is 39.0 Å². The molecule has 1 fully saturated rings. The Hall–Kier alpha value is -2.54. The number of aromatic nitrogens is 2. The highest BCUT2D eigenvalue weighted by Gasteiger charge is 2.20. The highest BCUT2D eigenvalue weighted by molar-refractivity contribution is 5.75. The van der Waals surface area contributed by atoms with E-state index in [2.05, 4.69) is 15.6 Å². The second-order valence-electron chi connectivity index (χ2n) is 8.08. The van der Waals surface area contributed by atoms with Gasteiger partial charge in [0.15, 0.2) is 0 Å². The summed E-state index contributed by atoms with van der Waals surface area (Å²) in [5.74, 6) is 1.83. The molecule has 0 unspecified atom stereocenters. The summed E-state index contributed by atoms with van der Waals surface area (Å²) in [6.07, 6.45) is 4.16. The minimum Gasteiger partial charge on any atom is -0.373 e. The summed E-state index contributed by atoms with van der Waals surface area (Å²) in [6.45, 7) is 4.16. The average Bonchev–Trinajstić information content (AvgIpc) is 2.76. The number of anilines is 1. The van der Waals surface area contributed by atoms with Crippen molar-refractivity contribution in [2.75, 3.05) is 32.5 Å². The van der Waals surface area contributed by atoms with Gasteiger partial charge in [-0.05, 0) is 56.3 Å². The predicted molar refractivity (Wildman–Crippen MR) is 117 cm³/mol. The van der Waals surface area contributed by atoms with Gasteiger partial charge in [0.05, 0.1) is 12.2 Å². The fraction of sp³-hybridized carbons (Fsp3) is 0.522. The first-order chi connectivity index (χ1) is 14.5. The van der Waals surface area contributed by atoms with E-state index in [1.165, 1.54) is 6.07 Å². The Balaban J connectivity index is 1.56. The lowest BCUT2D eigenvalue weighted by Gasteiger charge is -2.23. The molecule has 1 atom stereocenters. The third kappa shape index (κ3) is 5.98. The zero-order valence-electron chi connectivity index (χ0n) is 18.2. The van der Waals surface area contributed by atoms with E-state index in [4.69, 9.17) is 4.98 Å². The fourth-order valence-electron chi connectivity index (χ4n) is 3.81. The zero-order chi connectivity index (χ0) is 21.5. The Morgan fingerprint density at radius 1 is 1.33 bits per heavy atom. The van der Waals surface area contributed by atoms with Gasteiger partial charge in [-0.2, -0.15) is 0 Å². The number of benzene rings is 1. The van der Waals surface area contributed by atoms with Gasteiger partial charge >= 0.3 is 0 Å². The van der Waals surface area contributed by atoms with E-state index < -0.39 is 0 Å². The summed E-state index contributed by atoms with van der Waals surface area (Å²) < 4.78 is 13.4. The van der Waals surface area contributed by atoms with Crippen LogP contribution in [-0.2, 0) is 17.8 Å². The summed E-state index contributed by atoms with van der Waals surface area (Å²) in [4.78, 5) is 23.7. The number of halogens is 1. The molecule has 1 aromatic heterocycles. The minimum absolute atomic E-state index is 0.0827. The molecule has 0 spiro atoms. The topological polar surface area (TPSA) is 70.2 Å². The third-order valence-electron chi connectivity index (χ3n) is 5.62. The monoisotopic (exact) mass is 413 g/mol. The lowest BCUT2D eigenvalue weighted by atomic mass is 9.99. The average molecular weight is 414 g/mol. The largest absolute Gasteiger partial charge is 0.373 e. The fourth-order valence-corrected chi connectivity index (χ4v) is 3.81. The molecule has 2 heterocycles. The number of hydrogen-bond donors (Lipinski definition) is 2. The molecule has 2 aromatic rings. The second kappa shape index (κ2) is 10.5. The molecule has 2 N–H and O–H groups in total. The summed E-state index contributed by atoms with van der Waals surface area (Å²) in [5.41, 5.74) is 2.55. The number of rotatable bonds is 8. The maximum absolute atomic E-state index is 13.4. The minimum atomic E-state index is -0.191. The van der Waals surface area contributed by atoms with Crippen molar-refractivity contribution in [1.82, 2.24) is 20.2 Å². The van der Waals surface area contributed by atoms with Crippen LogP contribution >= 0.6 is 0 Å². The van der Waals surface area contributed by atoms with Crippen molar-refractivity contribution in [3.63, 3.8) is 0 Å². The van der Waals surface area contributed by atoms with Crippen LogP contribution in [0.1, 0.15) is 54.2 Å². The standard InChI is InChI=1S/C23H32FN5O/c1-16-12-17(9-10-20(16)24)6-4-8-22(30)29(3)15-19-13-21(25-2)28-23(27-19)18-7-5-11-26-14-18/h9-10,12-13,18,26H,4-8,11,14-15H2,1-3H3,(H,25,27,28)/t18-/m0/s1. The van der Waals surface area contributed by atoms with Gasteiger partial charge in [-0.15, -0.1) is 0 Å². The van der Waals surface area contributed by atoms with Crippen molar-refractivity contribution in [3.8, 4) is 0 Å². The van der Waals surface area contributed by atoms with Crippen LogP contribution in [-0.4, -0.2) is 48.0 Å². The van der Waals surface area contributed by atoms with Crippen LogP contribution in [0.25, 0.3) is 0 Å². The van der Waals surface area contributed by atoms with Crippen LogP contribution in [0.4, 0.5) is 10.2 Å². The third-order valence-corrected chi connectivity index (χ3v) is 5.62. The smallest absolute Gasteiger partial charge is 0.222 e. The second-order valence-corrected chi connectivity index (χ2v) is 8.08. The van der Waals surface area contributed by atoms with Crippen LogP contribution in [0.3, 0.4) is 0 Å². The van der Waals surface area contributed by atoms with E-state index in [1.807, 2.05) is 26.2 Å². The number of nitrogens with zero attached hydrogens (tertiary/aromatic N) is 3. The molecular weight excluding hydrogens is 381 g/mol. The first kappa shape index (κ1) is 22.2. The van der Waals surface area contributed by atoms with Crippen molar-refractivity contribution in [2.24, 2.45) is 0 Å². The number of aryl methyl sites for hydroxylation is 2. The molecule has 1 saturated heterocycles. The molecule has 1 aliphatic heterocycles. The number of hydrogen-bond acceptors (Lipinski definition) is 5. The van der Waals surface area contributed by atoms with Gasteiger partial charge in [-0.25, -0.2) is 14.4 Å². The summed E-state index contributed by atoms with van der Waals surface area (Å²) in [7, 11) is 3.66. The molecule has 7 heteroatoms. The van der Waals surface area contributed by atoms with Crippen LogP contribution in [0, 0.1) is 12.7 Å². The van der Waals surface area contributed by atoms with Crippen molar-refractivity contribution < 1.29 is 9.18 Å². The molecule has 30 heavy (non-hydrogen) atoms. The highest BCUT2D eigenvalue weighted by atomic mass is 19.1. The first-order valence-corrected chi connectivity index (χ1v) is 10.7.